The molecule has 24 heavy (non-hydrogen) atoms. The van der Waals surface area contributed by atoms with E-state index >= 15 is 0 Å². The van der Waals surface area contributed by atoms with Gasteiger partial charge in [-0.25, -0.2) is 0 Å². The molecule has 1 aliphatic heterocycles. The first-order chi connectivity index (χ1) is 11.6. The van der Waals surface area contributed by atoms with Gasteiger partial charge in [0.2, 0.25) is 11.8 Å². The molecular formula is C20H17NO2S. The molecule has 2 heterocycles. The third-order valence-electron chi connectivity index (χ3n) is 4.89. The number of hydrogen-bond acceptors (Lipinski definition) is 3. The van der Waals surface area contributed by atoms with Crippen LogP contribution in [0.4, 0.5) is 0 Å². The van der Waals surface area contributed by atoms with Gasteiger partial charge in [-0.15, -0.1) is 11.3 Å². The fourth-order valence-electron chi connectivity index (χ4n) is 3.56. The lowest BCUT2D eigenvalue weighted by atomic mass is 9.74. The van der Waals surface area contributed by atoms with Gasteiger partial charge in [-0.1, -0.05) is 36.4 Å². The third-order valence-corrected chi connectivity index (χ3v) is 5.79. The van der Waals surface area contributed by atoms with E-state index in [1.807, 2.05) is 41.8 Å². The van der Waals surface area contributed by atoms with Crippen molar-refractivity contribution in [3.05, 3.63) is 71.1 Å². The third kappa shape index (κ3) is 2.26. The lowest BCUT2D eigenvalue weighted by Gasteiger charge is -2.27. The summed E-state index contributed by atoms with van der Waals surface area (Å²) in [5.74, 6) is -0.215. The van der Waals surface area contributed by atoms with Crippen molar-refractivity contribution in [3.8, 4) is 0 Å². The maximum absolute atomic E-state index is 13.0. The molecule has 1 saturated heterocycles. The first-order valence-electron chi connectivity index (χ1n) is 7.93. The average molecular weight is 335 g/mol. The number of hydrogen-bond donors (Lipinski definition) is 0. The SMILES string of the molecule is CN1C(=O)CC(Cc2ccccc2)(c2ccc3sccc3c2)C1=O. The number of rotatable bonds is 3. The quantitative estimate of drug-likeness (QED) is 0.683. The number of nitrogens with zero attached hydrogens (tertiary/aromatic N) is 1. The Hall–Kier alpha value is -2.46. The minimum Gasteiger partial charge on any atom is -0.285 e. The minimum absolute atomic E-state index is 0.106. The average Bonchev–Trinajstić information content (AvgIpc) is 3.15. The molecule has 1 aromatic heterocycles. The van der Waals surface area contributed by atoms with Crippen LogP contribution in [0.15, 0.2) is 60.0 Å². The fourth-order valence-corrected chi connectivity index (χ4v) is 4.33. The van der Waals surface area contributed by atoms with Crippen molar-refractivity contribution in [1.29, 1.82) is 0 Å². The molecule has 1 fully saturated rings. The molecule has 0 N–H and O–H groups in total. The summed E-state index contributed by atoms with van der Waals surface area (Å²) in [6, 6.07) is 18.1. The van der Waals surface area contributed by atoms with Gasteiger partial charge >= 0.3 is 0 Å². The van der Waals surface area contributed by atoms with Crippen LogP contribution in [0.3, 0.4) is 0 Å². The van der Waals surface area contributed by atoms with Crippen LogP contribution in [0, 0.1) is 0 Å². The molecule has 0 radical (unpaired) electrons. The Morgan fingerprint density at radius 2 is 1.88 bits per heavy atom. The van der Waals surface area contributed by atoms with Crippen LogP contribution in [0.2, 0.25) is 0 Å². The Morgan fingerprint density at radius 1 is 1.08 bits per heavy atom. The van der Waals surface area contributed by atoms with E-state index in [9.17, 15) is 9.59 Å². The molecule has 1 atom stereocenters. The van der Waals surface area contributed by atoms with Crippen LogP contribution >= 0.6 is 11.3 Å². The largest absolute Gasteiger partial charge is 0.285 e. The number of imide groups is 1. The summed E-state index contributed by atoms with van der Waals surface area (Å²) < 4.78 is 1.19. The maximum atomic E-state index is 13.0. The van der Waals surface area contributed by atoms with Gasteiger partial charge in [0.1, 0.15) is 0 Å². The molecule has 3 nitrogen and oxygen atoms in total. The molecule has 4 heteroatoms. The first kappa shape index (κ1) is 15.1. The predicted octanol–water partition coefficient (Wildman–Crippen LogP) is 3.77. The summed E-state index contributed by atoms with van der Waals surface area (Å²) >= 11 is 1.68. The Morgan fingerprint density at radius 3 is 2.58 bits per heavy atom. The number of likely N-dealkylation sites (N-methyl/N-ethyl adjacent to an activating group) is 1. The van der Waals surface area contributed by atoms with E-state index < -0.39 is 5.41 Å². The second kappa shape index (κ2) is 5.56. The zero-order chi connectivity index (χ0) is 16.7. The zero-order valence-corrected chi connectivity index (χ0v) is 14.2. The molecule has 0 spiro atoms. The van der Waals surface area contributed by atoms with Crippen molar-refractivity contribution < 1.29 is 9.59 Å². The van der Waals surface area contributed by atoms with Crippen molar-refractivity contribution in [2.24, 2.45) is 0 Å². The lowest BCUT2D eigenvalue weighted by Crippen LogP contribution is -2.38. The second-order valence-corrected chi connectivity index (χ2v) is 7.30. The van der Waals surface area contributed by atoms with E-state index in [-0.39, 0.29) is 18.2 Å². The Balaban J connectivity index is 1.87. The number of carbonyl (C=O) groups is 2. The molecule has 120 valence electrons. The van der Waals surface area contributed by atoms with Gasteiger partial charge in [0.15, 0.2) is 0 Å². The van der Waals surface area contributed by atoms with Gasteiger partial charge in [0.25, 0.3) is 0 Å². The Kier molecular flexibility index (Phi) is 3.50. The number of amides is 2. The summed E-state index contributed by atoms with van der Waals surface area (Å²) in [5.41, 5.74) is 1.20. The summed E-state index contributed by atoms with van der Waals surface area (Å²) in [6.45, 7) is 0. The number of fused-ring (bicyclic) bond motifs is 1. The molecule has 0 bridgehead atoms. The van der Waals surface area contributed by atoms with Crippen molar-refractivity contribution in [2.75, 3.05) is 7.05 Å². The van der Waals surface area contributed by atoms with Gasteiger partial charge in [0, 0.05) is 18.2 Å². The topological polar surface area (TPSA) is 37.4 Å². The molecule has 3 aromatic rings. The Bertz CT molecular complexity index is 931. The monoisotopic (exact) mass is 335 g/mol. The summed E-state index contributed by atoms with van der Waals surface area (Å²) in [4.78, 5) is 26.6. The number of thiophene rings is 1. The van der Waals surface area contributed by atoms with Crippen LogP contribution in [0.25, 0.3) is 10.1 Å². The molecule has 0 saturated carbocycles. The second-order valence-electron chi connectivity index (χ2n) is 6.35. The van der Waals surface area contributed by atoms with Crippen molar-refractivity contribution in [1.82, 2.24) is 4.90 Å². The molecule has 2 amide bonds. The summed E-state index contributed by atoms with van der Waals surface area (Å²) in [5, 5.41) is 3.17. The number of carbonyl (C=O) groups excluding carboxylic acids is 2. The highest BCUT2D eigenvalue weighted by Crippen LogP contribution is 2.40. The molecule has 1 unspecified atom stereocenters. The van der Waals surface area contributed by atoms with Crippen molar-refractivity contribution in [2.45, 2.75) is 18.3 Å². The van der Waals surface area contributed by atoms with Crippen molar-refractivity contribution in [3.63, 3.8) is 0 Å². The number of likely N-dealkylation sites (tertiary alicyclic amines) is 1. The first-order valence-corrected chi connectivity index (χ1v) is 8.81. The highest BCUT2D eigenvalue weighted by molar-refractivity contribution is 7.17. The molecular weight excluding hydrogens is 318 g/mol. The molecule has 2 aromatic carbocycles. The molecule has 0 aliphatic carbocycles. The summed E-state index contributed by atoms with van der Waals surface area (Å²) in [7, 11) is 1.58. The van der Waals surface area contributed by atoms with E-state index in [4.69, 9.17) is 0 Å². The molecule has 4 rings (SSSR count). The normalized spacial score (nSPS) is 21.0. The Labute approximate surface area is 144 Å². The van der Waals surface area contributed by atoms with Gasteiger partial charge in [-0.2, -0.15) is 0 Å². The van der Waals surface area contributed by atoms with Gasteiger partial charge < -0.3 is 0 Å². The number of benzene rings is 2. The van der Waals surface area contributed by atoms with Crippen molar-refractivity contribution >= 4 is 33.2 Å². The van der Waals surface area contributed by atoms with E-state index in [2.05, 4.69) is 18.2 Å². The van der Waals surface area contributed by atoms with Crippen LogP contribution in [0.5, 0.6) is 0 Å². The predicted molar refractivity (Wildman–Crippen MR) is 96.0 cm³/mol. The maximum Gasteiger partial charge on any atom is 0.240 e. The van der Waals surface area contributed by atoms with E-state index in [0.29, 0.717) is 6.42 Å². The van der Waals surface area contributed by atoms with Gasteiger partial charge in [0.05, 0.1) is 5.41 Å². The van der Waals surface area contributed by atoms with Gasteiger partial charge in [-0.05, 0) is 46.5 Å². The van der Waals surface area contributed by atoms with E-state index in [0.717, 1.165) is 16.5 Å². The standard InChI is InChI=1S/C20H17NO2S/c1-21-18(22)13-20(19(21)23,12-14-5-3-2-4-6-14)16-7-8-17-15(11-16)9-10-24-17/h2-11H,12-13H2,1H3. The van der Waals surface area contributed by atoms with Crippen LogP contribution in [-0.2, 0) is 21.4 Å². The van der Waals surface area contributed by atoms with Gasteiger partial charge in [-0.3, -0.25) is 14.5 Å². The lowest BCUT2D eigenvalue weighted by molar-refractivity contribution is -0.138. The van der Waals surface area contributed by atoms with Crippen LogP contribution < -0.4 is 0 Å². The summed E-state index contributed by atoms with van der Waals surface area (Å²) in [6.07, 6.45) is 0.769. The highest BCUT2D eigenvalue weighted by atomic mass is 32.1. The van der Waals surface area contributed by atoms with Crippen LogP contribution in [0.1, 0.15) is 17.5 Å². The highest BCUT2D eigenvalue weighted by Gasteiger charge is 2.51. The molecule has 1 aliphatic rings. The fraction of sp³-hybridized carbons (Fsp3) is 0.200. The zero-order valence-electron chi connectivity index (χ0n) is 13.4. The smallest absolute Gasteiger partial charge is 0.240 e. The van der Waals surface area contributed by atoms with E-state index in [1.54, 1.807) is 18.4 Å². The van der Waals surface area contributed by atoms with E-state index in [1.165, 1.54) is 9.60 Å². The minimum atomic E-state index is -0.802. The van der Waals surface area contributed by atoms with Crippen LogP contribution in [-0.4, -0.2) is 23.8 Å².